The first kappa shape index (κ1) is 11.0. The molecule has 0 aliphatic carbocycles. The van der Waals surface area contributed by atoms with E-state index in [9.17, 15) is 4.79 Å². The number of hydrogen-bond donors (Lipinski definition) is 0. The molecule has 0 N–H and O–H groups in total. The Bertz CT molecular complexity index is 261. The zero-order valence-corrected chi connectivity index (χ0v) is 8.13. The third-order valence-corrected chi connectivity index (χ3v) is 1.40. The first-order valence-corrected chi connectivity index (χ1v) is 4.29. The summed E-state index contributed by atoms with van der Waals surface area (Å²) in [6, 6.07) is 3.33. The second-order valence-electron chi connectivity index (χ2n) is 2.54. The Kier molecular flexibility index (Phi) is 5.09. The summed E-state index contributed by atoms with van der Waals surface area (Å²) in [6.07, 6.45) is 1.43. The Morgan fingerprint density at radius 1 is 1.33 bits per heavy atom. The average molecular weight is 168 g/mol. The molecule has 0 bridgehead atoms. The lowest BCUT2D eigenvalue weighted by Crippen LogP contribution is -1.98. The Morgan fingerprint density at radius 2 is 1.92 bits per heavy atom. The lowest BCUT2D eigenvalue weighted by atomic mass is 10.1. The standard InChI is InChI=1S/C8H10O2.C2H6/c1-6(2)7-3-4-10-8(9)5-7;1-2/h3-6H,1-2H3;1-2H3. The molecule has 0 aliphatic rings. The Hall–Kier alpha value is -1.05. The molecule has 0 aliphatic heterocycles. The molecule has 0 aromatic carbocycles. The van der Waals surface area contributed by atoms with Crippen LogP contribution < -0.4 is 5.63 Å². The van der Waals surface area contributed by atoms with E-state index in [1.165, 1.54) is 12.3 Å². The normalized spacial score (nSPS) is 9.08. The van der Waals surface area contributed by atoms with Gasteiger partial charge in [-0.15, -0.1) is 0 Å². The molecule has 1 rings (SSSR count). The van der Waals surface area contributed by atoms with Crippen molar-refractivity contribution in [3.05, 3.63) is 34.4 Å². The Morgan fingerprint density at radius 3 is 2.25 bits per heavy atom. The molecule has 2 heteroatoms. The van der Waals surface area contributed by atoms with Gasteiger partial charge in [0, 0.05) is 6.07 Å². The van der Waals surface area contributed by atoms with Gasteiger partial charge in [0.05, 0.1) is 6.26 Å². The van der Waals surface area contributed by atoms with Gasteiger partial charge in [0.15, 0.2) is 0 Å². The maximum Gasteiger partial charge on any atom is 0.335 e. The van der Waals surface area contributed by atoms with E-state index in [0.717, 1.165) is 5.56 Å². The van der Waals surface area contributed by atoms with E-state index in [-0.39, 0.29) is 5.63 Å². The van der Waals surface area contributed by atoms with E-state index in [1.54, 1.807) is 0 Å². The van der Waals surface area contributed by atoms with E-state index in [0.29, 0.717) is 5.92 Å². The molecule has 1 aromatic rings. The summed E-state index contributed by atoms with van der Waals surface area (Å²) in [4.78, 5) is 10.6. The second-order valence-corrected chi connectivity index (χ2v) is 2.54. The lowest BCUT2D eigenvalue weighted by Gasteiger charge is -2.00. The predicted molar refractivity (Wildman–Crippen MR) is 50.4 cm³/mol. The van der Waals surface area contributed by atoms with E-state index in [4.69, 9.17) is 0 Å². The van der Waals surface area contributed by atoms with Crippen LogP contribution in [0.15, 0.2) is 27.6 Å². The van der Waals surface area contributed by atoms with Gasteiger partial charge in [0.2, 0.25) is 0 Å². The quantitative estimate of drug-likeness (QED) is 0.645. The molecule has 2 nitrogen and oxygen atoms in total. The summed E-state index contributed by atoms with van der Waals surface area (Å²) < 4.78 is 4.56. The second kappa shape index (κ2) is 5.58. The molecule has 0 fully saturated rings. The van der Waals surface area contributed by atoms with Crippen LogP contribution in [0.25, 0.3) is 0 Å². The fraction of sp³-hybridized carbons (Fsp3) is 0.500. The first-order chi connectivity index (χ1) is 5.70. The molecule has 12 heavy (non-hydrogen) atoms. The van der Waals surface area contributed by atoms with E-state index >= 15 is 0 Å². The molecule has 68 valence electrons. The molecular weight excluding hydrogens is 152 g/mol. The van der Waals surface area contributed by atoms with Gasteiger partial charge < -0.3 is 4.42 Å². The lowest BCUT2D eigenvalue weighted by molar-refractivity contribution is 0.506. The molecule has 0 unspecified atom stereocenters. The van der Waals surface area contributed by atoms with Crippen molar-refractivity contribution in [3.8, 4) is 0 Å². The van der Waals surface area contributed by atoms with Crippen molar-refractivity contribution in [2.24, 2.45) is 0 Å². The van der Waals surface area contributed by atoms with Gasteiger partial charge in [0.25, 0.3) is 0 Å². The van der Waals surface area contributed by atoms with E-state index < -0.39 is 0 Å². The van der Waals surface area contributed by atoms with Gasteiger partial charge in [-0.3, -0.25) is 0 Å². The number of rotatable bonds is 1. The van der Waals surface area contributed by atoms with Gasteiger partial charge in [-0.25, -0.2) is 4.79 Å². The summed E-state index contributed by atoms with van der Waals surface area (Å²) in [6.45, 7) is 8.07. The molecule has 0 atom stereocenters. The molecule has 1 aromatic heterocycles. The highest BCUT2D eigenvalue weighted by molar-refractivity contribution is 5.12. The third-order valence-electron chi connectivity index (χ3n) is 1.40. The summed E-state index contributed by atoms with van der Waals surface area (Å²) in [5.74, 6) is 0.393. The van der Waals surface area contributed by atoms with Crippen molar-refractivity contribution >= 4 is 0 Å². The van der Waals surface area contributed by atoms with Crippen molar-refractivity contribution in [1.82, 2.24) is 0 Å². The molecule has 0 saturated heterocycles. The van der Waals surface area contributed by atoms with Crippen LogP contribution in [0, 0.1) is 0 Å². The SMILES string of the molecule is CC.CC(C)c1ccoc(=O)c1. The fourth-order valence-corrected chi connectivity index (χ4v) is 0.757. The van der Waals surface area contributed by atoms with Crippen LogP contribution in [0.4, 0.5) is 0 Å². The predicted octanol–water partition coefficient (Wildman–Crippen LogP) is 2.79. The van der Waals surface area contributed by atoms with Crippen LogP contribution in [0.3, 0.4) is 0 Å². The maximum absolute atomic E-state index is 10.6. The third kappa shape index (κ3) is 3.37. The van der Waals surface area contributed by atoms with Gasteiger partial charge >= 0.3 is 5.63 Å². The minimum atomic E-state index is -0.272. The van der Waals surface area contributed by atoms with Crippen LogP contribution in [-0.2, 0) is 0 Å². The highest BCUT2D eigenvalue weighted by atomic mass is 16.4. The smallest absolute Gasteiger partial charge is 0.335 e. The average Bonchev–Trinajstić information content (AvgIpc) is 2.08. The van der Waals surface area contributed by atoms with Crippen LogP contribution in [0.1, 0.15) is 39.2 Å². The summed E-state index contributed by atoms with van der Waals surface area (Å²) in [5, 5.41) is 0. The topological polar surface area (TPSA) is 30.2 Å². The summed E-state index contributed by atoms with van der Waals surface area (Å²) in [7, 11) is 0. The first-order valence-electron chi connectivity index (χ1n) is 4.29. The van der Waals surface area contributed by atoms with Crippen molar-refractivity contribution in [2.45, 2.75) is 33.6 Å². The molecule has 0 radical (unpaired) electrons. The minimum absolute atomic E-state index is 0.272. The van der Waals surface area contributed by atoms with Crippen LogP contribution >= 0.6 is 0 Å². The van der Waals surface area contributed by atoms with Crippen molar-refractivity contribution in [1.29, 1.82) is 0 Å². The zero-order valence-electron chi connectivity index (χ0n) is 8.13. The molecular formula is C10H16O2. The Balaban J connectivity index is 0.000000561. The van der Waals surface area contributed by atoms with E-state index in [1.807, 2.05) is 33.8 Å². The van der Waals surface area contributed by atoms with Gasteiger partial charge in [-0.05, 0) is 17.5 Å². The van der Waals surface area contributed by atoms with Crippen molar-refractivity contribution in [2.75, 3.05) is 0 Å². The van der Waals surface area contributed by atoms with Crippen LogP contribution in [0.5, 0.6) is 0 Å². The summed E-state index contributed by atoms with van der Waals surface area (Å²) >= 11 is 0. The molecule has 1 heterocycles. The van der Waals surface area contributed by atoms with Crippen molar-refractivity contribution < 1.29 is 4.42 Å². The highest BCUT2D eigenvalue weighted by Crippen LogP contribution is 2.09. The highest BCUT2D eigenvalue weighted by Gasteiger charge is 1.97. The summed E-state index contributed by atoms with van der Waals surface area (Å²) in [5.41, 5.74) is 0.752. The molecule has 0 spiro atoms. The van der Waals surface area contributed by atoms with Crippen LogP contribution in [-0.4, -0.2) is 0 Å². The zero-order chi connectivity index (χ0) is 9.56. The van der Waals surface area contributed by atoms with Crippen LogP contribution in [0.2, 0.25) is 0 Å². The molecule has 0 amide bonds. The minimum Gasteiger partial charge on any atom is -0.431 e. The van der Waals surface area contributed by atoms with Gasteiger partial charge in [-0.1, -0.05) is 27.7 Å². The van der Waals surface area contributed by atoms with Gasteiger partial charge in [-0.2, -0.15) is 0 Å². The monoisotopic (exact) mass is 168 g/mol. The number of hydrogen-bond acceptors (Lipinski definition) is 2. The van der Waals surface area contributed by atoms with E-state index in [2.05, 4.69) is 4.42 Å². The fourth-order valence-electron chi connectivity index (χ4n) is 0.757. The maximum atomic E-state index is 10.6. The van der Waals surface area contributed by atoms with Gasteiger partial charge in [0.1, 0.15) is 0 Å². The van der Waals surface area contributed by atoms with Crippen molar-refractivity contribution in [3.63, 3.8) is 0 Å². The molecule has 0 saturated carbocycles. The Labute approximate surface area is 73.2 Å². The largest absolute Gasteiger partial charge is 0.431 e.